The van der Waals surface area contributed by atoms with Gasteiger partial charge in [-0.15, -0.1) is 0 Å². The highest BCUT2D eigenvalue weighted by Crippen LogP contribution is 2.22. The van der Waals surface area contributed by atoms with E-state index in [0.717, 1.165) is 51.0 Å². The van der Waals surface area contributed by atoms with Crippen molar-refractivity contribution in [2.45, 2.75) is 51.0 Å². The van der Waals surface area contributed by atoms with Gasteiger partial charge >= 0.3 is 0 Å². The van der Waals surface area contributed by atoms with Crippen molar-refractivity contribution in [1.29, 1.82) is 0 Å². The fraction of sp³-hybridized carbons (Fsp3) is 0.684. The number of nitrogens with zero attached hydrogens (tertiary/aromatic N) is 3. The molecule has 3 N–H and O–H groups in total. The first-order chi connectivity index (χ1) is 12.1. The normalized spacial score (nSPS) is 15.6. The van der Waals surface area contributed by atoms with Crippen molar-refractivity contribution in [2.24, 2.45) is 5.73 Å². The quantitative estimate of drug-likeness (QED) is 0.671. The van der Waals surface area contributed by atoms with Gasteiger partial charge < -0.3 is 20.9 Å². The summed E-state index contributed by atoms with van der Waals surface area (Å²) in [4.78, 5) is 21.0. The summed E-state index contributed by atoms with van der Waals surface area (Å²) < 4.78 is 0. The molecule has 0 aromatic carbocycles. The molecule has 0 atom stereocenters. The number of hydrogen-bond donors (Lipinski definition) is 2. The molecular weight excluding hydrogens is 314 g/mol. The predicted octanol–water partition coefficient (Wildman–Crippen LogP) is 2.46. The zero-order valence-electron chi connectivity index (χ0n) is 15.7. The van der Waals surface area contributed by atoms with Crippen molar-refractivity contribution in [3.05, 3.63) is 18.3 Å². The third-order valence-electron chi connectivity index (χ3n) is 4.93. The van der Waals surface area contributed by atoms with E-state index in [0.29, 0.717) is 18.3 Å². The Hall–Kier alpha value is -1.66. The maximum absolute atomic E-state index is 11.9. The predicted molar refractivity (Wildman–Crippen MR) is 104 cm³/mol. The minimum absolute atomic E-state index is 0.0415. The zero-order chi connectivity index (χ0) is 18.1. The Bertz CT molecular complexity index is 509. The molecule has 0 radical (unpaired) electrons. The molecule has 1 aliphatic heterocycles. The minimum atomic E-state index is 0.0415. The number of carbonyl (C=O) groups is 1. The third kappa shape index (κ3) is 6.63. The van der Waals surface area contributed by atoms with Crippen LogP contribution in [0.15, 0.2) is 18.3 Å². The first-order valence-corrected chi connectivity index (χ1v) is 9.47. The van der Waals surface area contributed by atoms with Gasteiger partial charge in [-0.1, -0.05) is 12.8 Å². The van der Waals surface area contributed by atoms with E-state index in [4.69, 9.17) is 5.73 Å². The lowest BCUT2D eigenvalue weighted by Crippen LogP contribution is -2.42. The van der Waals surface area contributed by atoms with Crippen molar-refractivity contribution in [2.75, 3.05) is 43.9 Å². The van der Waals surface area contributed by atoms with E-state index in [2.05, 4.69) is 40.3 Å². The summed E-state index contributed by atoms with van der Waals surface area (Å²) in [5.41, 5.74) is 6.60. The number of nitrogens with two attached hydrogens (primary N) is 1. The van der Waals surface area contributed by atoms with Crippen LogP contribution in [0.2, 0.25) is 0 Å². The number of amides is 1. The molecule has 0 aliphatic carbocycles. The molecule has 1 amide bonds. The molecule has 1 saturated heterocycles. The van der Waals surface area contributed by atoms with Gasteiger partial charge in [0.25, 0.3) is 0 Å². The van der Waals surface area contributed by atoms with Gasteiger partial charge in [-0.05, 0) is 58.5 Å². The van der Waals surface area contributed by atoms with Gasteiger partial charge in [0, 0.05) is 25.6 Å². The van der Waals surface area contributed by atoms with Crippen LogP contribution >= 0.6 is 0 Å². The standard InChI is InChI=1S/C19H33N5O/c1-23(2)16-10-13-24(14-11-16)17-8-9-18(21-15-17)22-19(25)7-5-3-4-6-12-20/h8-9,15-16H,3-7,10-14,20H2,1-2H3,(H,21,22,25). The highest BCUT2D eigenvalue weighted by Gasteiger charge is 2.20. The highest BCUT2D eigenvalue weighted by molar-refractivity contribution is 5.89. The molecule has 2 heterocycles. The average molecular weight is 348 g/mol. The largest absolute Gasteiger partial charge is 0.370 e. The van der Waals surface area contributed by atoms with Crippen molar-refractivity contribution >= 4 is 17.4 Å². The third-order valence-corrected chi connectivity index (χ3v) is 4.93. The lowest BCUT2D eigenvalue weighted by atomic mass is 10.0. The van der Waals surface area contributed by atoms with Crippen LogP contribution in [0.25, 0.3) is 0 Å². The molecule has 1 aliphatic rings. The molecule has 0 unspecified atom stereocenters. The number of aromatic nitrogens is 1. The van der Waals surface area contributed by atoms with E-state index >= 15 is 0 Å². The summed E-state index contributed by atoms with van der Waals surface area (Å²) >= 11 is 0. The van der Waals surface area contributed by atoms with E-state index in [-0.39, 0.29) is 5.91 Å². The second-order valence-electron chi connectivity index (χ2n) is 7.08. The van der Waals surface area contributed by atoms with E-state index in [1.165, 1.54) is 12.8 Å². The van der Waals surface area contributed by atoms with Crippen LogP contribution < -0.4 is 16.0 Å². The maximum atomic E-state index is 11.9. The Morgan fingerprint density at radius 2 is 1.96 bits per heavy atom. The fourth-order valence-corrected chi connectivity index (χ4v) is 3.28. The number of nitrogens with one attached hydrogen (secondary N) is 1. The van der Waals surface area contributed by atoms with Crippen molar-refractivity contribution in [1.82, 2.24) is 9.88 Å². The average Bonchev–Trinajstić information content (AvgIpc) is 2.62. The highest BCUT2D eigenvalue weighted by atomic mass is 16.1. The van der Waals surface area contributed by atoms with Crippen LogP contribution in [0.5, 0.6) is 0 Å². The molecule has 1 aromatic heterocycles. The molecule has 1 aromatic rings. The first-order valence-electron chi connectivity index (χ1n) is 9.47. The van der Waals surface area contributed by atoms with Gasteiger partial charge in [-0.3, -0.25) is 4.79 Å². The SMILES string of the molecule is CN(C)C1CCN(c2ccc(NC(=O)CCCCCCN)nc2)CC1. The van der Waals surface area contributed by atoms with Crippen LogP contribution in [0.1, 0.15) is 44.9 Å². The van der Waals surface area contributed by atoms with E-state index in [1.807, 2.05) is 12.3 Å². The second kappa shape index (κ2) is 10.4. The van der Waals surface area contributed by atoms with Crippen molar-refractivity contribution in [3.8, 4) is 0 Å². The Balaban J connectivity index is 1.73. The van der Waals surface area contributed by atoms with E-state index < -0.39 is 0 Å². The van der Waals surface area contributed by atoms with Crippen LogP contribution in [-0.4, -0.2) is 55.6 Å². The number of carbonyl (C=O) groups excluding carboxylic acids is 1. The van der Waals surface area contributed by atoms with E-state index in [9.17, 15) is 4.79 Å². The molecule has 25 heavy (non-hydrogen) atoms. The monoisotopic (exact) mass is 347 g/mol. The van der Waals surface area contributed by atoms with E-state index in [1.54, 1.807) is 0 Å². The zero-order valence-corrected chi connectivity index (χ0v) is 15.7. The minimum Gasteiger partial charge on any atom is -0.370 e. The molecule has 140 valence electrons. The molecule has 2 rings (SSSR count). The Kier molecular flexibility index (Phi) is 8.15. The molecule has 6 nitrogen and oxygen atoms in total. The summed E-state index contributed by atoms with van der Waals surface area (Å²) in [6.45, 7) is 2.84. The lowest BCUT2D eigenvalue weighted by Gasteiger charge is -2.36. The van der Waals surface area contributed by atoms with Crippen LogP contribution in [-0.2, 0) is 4.79 Å². The summed E-state index contributed by atoms with van der Waals surface area (Å²) in [6.07, 6.45) is 8.87. The van der Waals surface area contributed by atoms with Gasteiger partial charge in [0.1, 0.15) is 5.82 Å². The van der Waals surface area contributed by atoms with Crippen molar-refractivity contribution < 1.29 is 4.79 Å². The van der Waals surface area contributed by atoms with Crippen LogP contribution in [0.3, 0.4) is 0 Å². The number of hydrogen-bond acceptors (Lipinski definition) is 5. The maximum Gasteiger partial charge on any atom is 0.225 e. The summed E-state index contributed by atoms with van der Waals surface area (Å²) in [5, 5.41) is 2.89. The number of piperidine rings is 1. The van der Waals surface area contributed by atoms with Crippen molar-refractivity contribution in [3.63, 3.8) is 0 Å². The topological polar surface area (TPSA) is 74.5 Å². The number of rotatable bonds is 9. The van der Waals surface area contributed by atoms with Crippen LogP contribution in [0, 0.1) is 0 Å². The molecule has 0 spiro atoms. The molecule has 6 heteroatoms. The lowest BCUT2D eigenvalue weighted by molar-refractivity contribution is -0.116. The Morgan fingerprint density at radius 1 is 1.24 bits per heavy atom. The Labute approximate surface area is 151 Å². The summed E-state index contributed by atoms with van der Waals surface area (Å²) in [5.74, 6) is 0.679. The summed E-state index contributed by atoms with van der Waals surface area (Å²) in [7, 11) is 4.30. The first kappa shape index (κ1) is 19.7. The molecular formula is C19H33N5O. The molecule has 0 saturated carbocycles. The number of unbranched alkanes of at least 4 members (excludes halogenated alkanes) is 3. The fourth-order valence-electron chi connectivity index (χ4n) is 3.28. The number of anilines is 2. The molecule has 0 bridgehead atoms. The Morgan fingerprint density at radius 3 is 2.56 bits per heavy atom. The van der Waals surface area contributed by atoms with Gasteiger partial charge in [-0.25, -0.2) is 4.98 Å². The second-order valence-corrected chi connectivity index (χ2v) is 7.08. The number of pyridine rings is 1. The molecule has 1 fully saturated rings. The van der Waals surface area contributed by atoms with Gasteiger partial charge in [0.15, 0.2) is 0 Å². The smallest absolute Gasteiger partial charge is 0.225 e. The summed E-state index contributed by atoms with van der Waals surface area (Å²) in [6, 6.07) is 4.63. The van der Waals surface area contributed by atoms with Gasteiger partial charge in [0.05, 0.1) is 11.9 Å². The van der Waals surface area contributed by atoms with Gasteiger partial charge in [-0.2, -0.15) is 0 Å². The van der Waals surface area contributed by atoms with Crippen LogP contribution in [0.4, 0.5) is 11.5 Å². The van der Waals surface area contributed by atoms with Gasteiger partial charge in [0.2, 0.25) is 5.91 Å².